The molecule has 19 heavy (non-hydrogen) atoms. The van der Waals surface area contributed by atoms with E-state index in [0.29, 0.717) is 11.5 Å². The summed E-state index contributed by atoms with van der Waals surface area (Å²) in [5.74, 6) is 0.120. The van der Waals surface area contributed by atoms with Gasteiger partial charge in [-0.3, -0.25) is 0 Å². The molecule has 2 aromatic rings. The lowest BCUT2D eigenvalue weighted by molar-refractivity contribution is 0.0600. The van der Waals surface area contributed by atoms with E-state index in [1.807, 2.05) is 23.7 Å². The Morgan fingerprint density at radius 3 is 3.11 bits per heavy atom. The lowest BCUT2D eigenvalue weighted by Crippen LogP contribution is -2.12. The molecule has 98 valence electrons. The van der Waals surface area contributed by atoms with E-state index >= 15 is 0 Å². The average molecular weight is 273 g/mol. The van der Waals surface area contributed by atoms with Crippen molar-refractivity contribution in [2.24, 2.45) is 0 Å². The highest BCUT2D eigenvalue weighted by molar-refractivity contribution is 7.09. The number of carbonyl (C=O) groups is 1. The summed E-state index contributed by atoms with van der Waals surface area (Å²) in [4.78, 5) is 16.0. The molecule has 0 radical (unpaired) electrons. The standard InChI is InChI=1S/C15H15NO2S/c1-18-15(17)11-5-6-12-10(9-11)3-2-4-13(12)14-16-7-8-19-14/h5-9,13H,2-4H2,1H3. The molecule has 0 N–H and O–H groups in total. The minimum absolute atomic E-state index is 0.265. The maximum Gasteiger partial charge on any atom is 0.337 e. The molecule has 1 heterocycles. The summed E-state index contributed by atoms with van der Waals surface area (Å²) in [6.45, 7) is 0. The van der Waals surface area contributed by atoms with Crippen molar-refractivity contribution in [1.82, 2.24) is 4.98 Å². The van der Waals surface area contributed by atoms with E-state index in [0.717, 1.165) is 19.3 Å². The summed E-state index contributed by atoms with van der Waals surface area (Å²) in [6.07, 6.45) is 5.17. The smallest absolute Gasteiger partial charge is 0.337 e. The Balaban J connectivity index is 2.00. The number of ether oxygens (including phenoxy) is 1. The second-order valence-electron chi connectivity index (χ2n) is 4.72. The molecule has 0 aliphatic heterocycles. The van der Waals surface area contributed by atoms with Crippen LogP contribution in [0.15, 0.2) is 29.8 Å². The van der Waals surface area contributed by atoms with Gasteiger partial charge >= 0.3 is 5.97 Å². The maximum atomic E-state index is 11.6. The zero-order valence-electron chi connectivity index (χ0n) is 10.8. The van der Waals surface area contributed by atoms with Crippen LogP contribution in [0.1, 0.15) is 45.3 Å². The van der Waals surface area contributed by atoms with Gasteiger partial charge in [-0.25, -0.2) is 9.78 Å². The fourth-order valence-electron chi connectivity index (χ4n) is 2.72. The SMILES string of the molecule is COC(=O)c1ccc2c(c1)CCCC2c1nccs1. The number of hydrogen-bond acceptors (Lipinski definition) is 4. The molecule has 4 heteroatoms. The molecule has 1 aliphatic rings. The molecule has 1 unspecified atom stereocenters. The van der Waals surface area contributed by atoms with Crippen molar-refractivity contribution in [3.8, 4) is 0 Å². The third-order valence-corrected chi connectivity index (χ3v) is 4.52. The van der Waals surface area contributed by atoms with Crippen LogP contribution >= 0.6 is 11.3 Å². The number of aromatic nitrogens is 1. The Labute approximate surface area is 116 Å². The van der Waals surface area contributed by atoms with Crippen LogP contribution in [0.25, 0.3) is 0 Å². The fraction of sp³-hybridized carbons (Fsp3) is 0.333. The number of benzene rings is 1. The molecular weight excluding hydrogens is 258 g/mol. The van der Waals surface area contributed by atoms with Crippen LogP contribution in [0.2, 0.25) is 0 Å². The Morgan fingerprint density at radius 1 is 1.47 bits per heavy atom. The van der Waals surface area contributed by atoms with Crippen molar-refractivity contribution in [3.63, 3.8) is 0 Å². The Kier molecular flexibility index (Phi) is 3.34. The zero-order chi connectivity index (χ0) is 13.2. The van der Waals surface area contributed by atoms with Gasteiger partial charge in [0.25, 0.3) is 0 Å². The van der Waals surface area contributed by atoms with Crippen LogP contribution < -0.4 is 0 Å². The van der Waals surface area contributed by atoms with E-state index in [4.69, 9.17) is 4.74 Å². The summed E-state index contributed by atoms with van der Waals surface area (Å²) in [7, 11) is 1.42. The van der Waals surface area contributed by atoms with Gasteiger partial charge in [0.15, 0.2) is 0 Å². The molecule has 0 amide bonds. The van der Waals surface area contributed by atoms with Crippen LogP contribution in [0.5, 0.6) is 0 Å². The number of thiazole rings is 1. The maximum absolute atomic E-state index is 11.6. The molecular formula is C15H15NO2S. The fourth-order valence-corrected chi connectivity index (χ4v) is 3.51. The average Bonchev–Trinajstić information content (AvgIpc) is 2.99. The first-order valence-electron chi connectivity index (χ1n) is 6.40. The van der Waals surface area contributed by atoms with Gasteiger partial charge in [0.2, 0.25) is 0 Å². The largest absolute Gasteiger partial charge is 0.465 e. The molecule has 1 aromatic carbocycles. The number of esters is 1. The highest BCUT2D eigenvalue weighted by Crippen LogP contribution is 2.37. The molecule has 0 bridgehead atoms. The van der Waals surface area contributed by atoms with Gasteiger partial charge in [0, 0.05) is 17.5 Å². The molecule has 1 atom stereocenters. The first kappa shape index (κ1) is 12.4. The monoisotopic (exact) mass is 273 g/mol. The lowest BCUT2D eigenvalue weighted by Gasteiger charge is -2.24. The van der Waals surface area contributed by atoms with E-state index in [2.05, 4.69) is 11.1 Å². The molecule has 1 aromatic heterocycles. The van der Waals surface area contributed by atoms with Crippen LogP contribution in [-0.4, -0.2) is 18.1 Å². The minimum atomic E-state index is -0.265. The lowest BCUT2D eigenvalue weighted by atomic mass is 9.82. The van der Waals surface area contributed by atoms with Crippen LogP contribution in [0, 0.1) is 0 Å². The molecule has 0 saturated carbocycles. The molecule has 0 saturated heterocycles. The summed E-state index contributed by atoms with van der Waals surface area (Å²) < 4.78 is 4.78. The first-order valence-corrected chi connectivity index (χ1v) is 7.28. The normalized spacial score (nSPS) is 17.8. The third-order valence-electron chi connectivity index (χ3n) is 3.63. The number of methoxy groups -OCH3 is 1. The number of carbonyl (C=O) groups excluding carboxylic acids is 1. The van der Waals surface area contributed by atoms with Gasteiger partial charge in [0.1, 0.15) is 0 Å². The van der Waals surface area contributed by atoms with Crippen molar-refractivity contribution >= 4 is 17.3 Å². The number of fused-ring (bicyclic) bond motifs is 1. The quantitative estimate of drug-likeness (QED) is 0.787. The van der Waals surface area contributed by atoms with Crippen LogP contribution in [0.3, 0.4) is 0 Å². The van der Waals surface area contributed by atoms with E-state index in [1.54, 1.807) is 11.3 Å². The first-order chi connectivity index (χ1) is 9.29. The predicted octanol–water partition coefficient (Wildman–Crippen LogP) is 3.40. The van der Waals surface area contributed by atoms with E-state index in [9.17, 15) is 4.79 Å². The minimum Gasteiger partial charge on any atom is -0.465 e. The number of hydrogen-bond donors (Lipinski definition) is 0. The number of rotatable bonds is 2. The molecule has 0 fully saturated rings. The Morgan fingerprint density at radius 2 is 2.37 bits per heavy atom. The van der Waals surface area contributed by atoms with Crippen molar-refractivity contribution < 1.29 is 9.53 Å². The Bertz CT molecular complexity index is 592. The summed E-state index contributed by atoms with van der Waals surface area (Å²) in [5.41, 5.74) is 3.21. The van der Waals surface area contributed by atoms with Gasteiger partial charge in [-0.1, -0.05) is 6.07 Å². The topological polar surface area (TPSA) is 39.2 Å². The van der Waals surface area contributed by atoms with Gasteiger partial charge in [-0.2, -0.15) is 0 Å². The number of nitrogens with zero attached hydrogens (tertiary/aromatic N) is 1. The van der Waals surface area contributed by atoms with Gasteiger partial charge in [-0.15, -0.1) is 11.3 Å². The zero-order valence-corrected chi connectivity index (χ0v) is 11.6. The third kappa shape index (κ3) is 2.28. The van der Waals surface area contributed by atoms with Crippen molar-refractivity contribution in [2.75, 3.05) is 7.11 Å². The summed E-state index contributed by atoms with van der Waals surface area (Å²) in [6, 6.07) is 5.89. The van der Waals surface area contributed by atoms with E-state index < -0.39 is 0 Å². The molecule has 1 aliphatic carbocycles. The van der Waals surface area contributed by atoms with E-state index in [1.165, 1.54) is 23.2 Å². The van der Waals surface area contributed by atoms with Crippen molar-refractivity contribution in [3.05, 3.63) is 51.5 Å². The van der Waals surface area contributed by atoms with Gasteiger partial charge < -0.3 is 4.74 Å². The van der Waals surface area contributed by atoms with Crippen LogP contribution in [0.4, 0.5) is 0 Å². The molecule has 3 rings (SSSR count). The summed E-state index contributed by atoms with van der Waals surface area (Å²) >= 11 is 1.71. The van der Waals surface area contributed by atoms with Gasteiger partial charge in [0.05, 0.1) is 17.7 Å². The molecule has 0 spiro atoms. The van der Waals surface area contributed by atoms with Crippen LogP contribution in [-0.2, 0) is 11.2 Å². The highest BCUT2D eigenvalue weighted by atomic mass is 32.1. The van der Waals surface area contributed by atoms with E-state index in [-0.39, 0.29) is 5.97 Å². The second kappa shape index (κ2) is 5.13. The Hall–Kier alpha value is -1.68. The second-order valence-corrected chi connectivity index (χ2v) is 5.65. The highest BCUT2D eigenvalue weighted by Gasteiger charge is 2.24. The summed E-state index contributed by atoms with van der Waals surface area (Å²) in [5, 5.41) is 3.19. The van der Waals surface area contributed by atoms with Crippen molar-refractivity contribution in [1.29, 1.82) is 0 Å². The molecule has 3 nitrogen and oxygen atoms in total. The van der Waals surface area contributed by atoms with Gasteiger partial charge in [-0.05, 0) is 42.5 Å². The predicted molar refractivity (Wildman–Crippen MR) is 74.7 cm³/mol. The van der Waals surface area contributed by atoms with Crippen molar-refractivity contribution in [2.45, 2.75) is 25.2 Å². The number of aryl methyl sites for hydroxylation is 1.